The first-order chi connectivity index (χ1) is 37.6. The van der Waals surface area contributed by atoms with Gasteiger partial charge in [0.2, 0.25) is 0 Å². The molecule has 3 heterocycles. The minimum Gasteiger partial charge on any atom is -0.428 e. The molecular formula is C54H46Br2Cl2F10N6O3S2. The average molecular weight is 1310 g/mol. The maximum atomic E-state index is 14.9. The molecule has 0 aliphatic heterocycles. The second-order valence-corrected chi connectivity index (χ2v) is 20.1. The van der Waals surface area contributed by atoms with Crippen LogP contribution in [0.15, 0.2) is 134 Å². The summed E-state index contributed by atoms with van der Waals surface area (Å²) in [6.07, 6.45) is -8.15. The predicted molar refractivity (Wildman–Crippen MR) is 295 cm³/mol. The molecule has 25 heteroatoms. The molecule has 4 N–H and O–H groups in total. The van der Waals surface area contributed by atoms with Crippen molar-refractivity contribution in [3.05, 3.63) is 200 Å². The molecule has 2 aliphatic carbocycles. The van der Waals surface area contributed by atoms with Crippen LogP contribution >= 0.6 is 75.0 Å². The lowest BCUT2D eigenvalue weighted by atomic mass is 9.80. The number of aryl methyl sites for hydroxylation is 2. The third-order valence-corrected chi connectivity index (χ3v) is 13.7. The van der Waals surface area contributed by atoms with Crippen molar-refractivity contribution < 1.29 is 58.2 Å². The number of ether oxygens (including phenoxy) is 2. The van der Waals surface area contributed by atoms with Crippen LogP contribution < -0.4 is 25.8 Å². The summed E-state index contributed by atoms with van der Waals surface area (Å²) in [5, 5.41) is 7.28. The number of nitrogens with zero attached hydrogens (tertiary/aromatic N) is 3. The van der Waals surface area contributed by atoms with E-state index in [1.165, 1.54) is 35.9 Å². The number of ketones is 1. The molecule has 2 atom stereocenters. The summed E-state index contributed by atoms with van der Waals surface area (Å²) in [6, 6.07) is 29.9. The van der Waals surface area contributed by atoms with Crippen molar-refractivity contribution in [3.8, 4) is 11.5 Å². The Labute approximate surface area is 482 Å². The molecule has 0 unspecified atom stereocenters. The van der Waals surface area contributed by atoms with Gasteiger partial charge in [-0.2, -0.15) is 35.1 Å². The number of nitrogens with two attached hydrogens (primary N) is 1. The van der Waals surface area contributed by atoms with E-state index in [0.29, 0.717) is 38.8 Å². The number of anilines is 1. The number of benzene rings is 4. The fraction of sp³-hybridized carbons (Fsp3) is 0.278. The van der Waals surface area contributed by atoms with E-state index in [2.05, 4.69) is 58.3 Å². The topological polar surface area (TPSA) is 124 Å². The molecule has 0 bridgehead atoms. The summed E-state index contributed by atoms with van der Waals surface area (Å²) in [7, 11) is 0. The van der Waals surface area contributed by atoms with E-state index in [4.69, 9.17) is 46.1 Å². The normalized spacial score (nSPS) is 14.5. The van der Waals surface area contributed by atoms with Gasteiger partial charge in [-0.15, -0.1) is 11.3 Å². The second kappa shape index (κ2) is 28.2. The van der Waals surface area contributed by atoms with E-state index >= 15 is 0 Å². The molecule has 79 heavy (non-hydrogen) atoms. The van der Waals surface area contributed by atoms with Gasteiger partial charge in [-0.25, -0.2) is 13.8 Å². The van der Waals surface area contributed by atoms with E-state index in [0.717, 1.165) is 90.9 Å². The Morgan fingerprint density at radius 2 is 1.11 bits per heavy atom. The largest absolute Gasteiger partial charge is 0.461 e. The third-order valence-electron chi connectivity index (χ3n) is 12.1. The van der Waals surface area contributed by atoms with E-state index in [1.807, 2.05) is 30.3 Å². The first-order valence-electron chi connectivity index (χ1n) is 23.7. The fourth-order valence-corrected chi connectivity index (χ4v) is 10.2. The number of rotatable bonds is 17. The first-order valence-corrected chi connectivity index (χ1v) is 29.4. The summed E-state index contributed by atoms with van der Waals surface area (Å²) < 4.78 is 144. The minimum atomic E-state index is -4.83. The lowest BCUT2D eigenvalue weighted by Gasteiger charge is -2.36. The van der Waals surface area contributed by atoms with Crippen LogP contribution in [0.3, 0.4) is 0 Å². The maximum Gasteiger partial charge on any atom is 0.461 e. The van der Waals surface area contributed by atoms with Gasteiger partial charge in [-0.3, -0.25) is 14.8 Å². The summed E-state index contributed by atoms with van der Waals surface area (Å²) in [5.74, 6) is -3.07. The number of carbonyl (C=O) groups is 1. The van der Waals surface area contributed by atoms with E-state index < -0.39 is 59.3 Å². The van der Waals surface area contributed by atoms with Crippen molar-refractivity contribution in [1.29, 1.82) is 0 Å². The molecule has 1 fully saturated rings. The monoisotopic (exact) mass is 1310 g/mol. The summed E-state index contributed by atoms with van der Waals surface area (Å²) >= 11 is 24.1. The second-order valence-electron chi connectivity index (χ2n) is 17.7. The molecule has 1 saturated carbocycles. The first kappa shape index (κ1) is 62.6. The van der Waals surface area contributed by atoms with Crippen LogP contribution in [0, 0.1) is 11.6 Å². The molecule has 9 rings (SSSR count). The number of fused-ring (bicyclic) bond motifs is 1. The number of Topliss-reactive ketones (excluding diaryl/α,β-unsaturated/α-hetero) is 1. The quantitative estimate of drug-likeness (QED) is 0.0600. The zero-order valence-corrected chi connectivity index (χ0v) is 47.3. The van der Waals surface area contributed by atoms with Gasteiger partial charge in [-0.1, -0.05) is 83.9 Å². The smallest absolute Gasteiger partial charge is 0.428 e. The fourth-order valence-electron chi connectivity index (χ4n) is 8.65. The van der Waals surface area contributed by atoms with Crippen molar-refractivity contribution in [2.45, 2.75) is 93.9 Å². The number of halogens is 14. The highest BCUT2D eigenvalue weighted by atomic mass is 80.9. The number of pyridine rings is 2. The average Bonchev–Trinajstić information content (AvgIpc) is 4.17. The van der Waals surface area contributed by atoms with Crippen LogP contribution in [0.4, 0.5) is 49.0 Å². The highest BCUT2D eigenvalue weighted by Crippen LogP contribution is 2.43. The van der Waals surface area contributed by atoms with Crippen molar-refractivity contribution in [2.75, 3.05) is 5.32 Å². The van der Waals surface area contributed by atoms with Gasteiger partial charge >= 0.3 is 25.1 Å². The van der Waals surface area contributed by atoms with Gasteiger partial charge in [-0.05, 0) is 115 Å². The van der Waals surface area contributed by atoms with Crippen LogP contribution in [0.25, 0.3) is 0 Å². The highest BCUT2D eigenvalue weighted by molar-refractivity contribution is 9.93. The van der Waals surface area contributed by atoms with E-state index in [9.17, 15) is 48.7 Å². The molecule has 420 valence electrons. The summed E-state index contributed by atoms with van der Waals surface area (Å²) in [4.78, 5) is 24.9. The Kier molecular flexibility index (Phi) is 22.4. The molecule has 0 amide bonds. The molecule has 3 aromatic heterocycles. The molecule has 0 spiro atoms. The number of aromatic nitrogens is 3. The van der Waals surface area contributed by atoms with Gasteiger partial charge in [0.1, 0.15) is 40.0 Å². The zero-order chi connectivity index (χ0) is 57.5. The number of hydrogen-bond donors (Lipinski definition) is 3. The molecule has 0 radical (unpaired) electrons. The minimum absolute atomic E-state index is 0.00837. The summed E-state index contributed by atoms with van der Waals surface area (Å²) in [5.41, 5.74) is 6.22. The van der Waals surface area contributed by atoms with Crippen LogP contribution in [-0.2, 0) is 41.6 Å². The van der Waals surface area contributed by atoms with E-state index in [1.54, 1.807) is 42.5 Å². The molecule has 4 aromatic carbocycles. The maximum absolute atomic E-state index is 14.9. The number of thiazole rings is 1. The number of carbonyl (C=O) groups excluding carboxylic acids is 1. The Hall–Kier alpha value is -5.59. The number of nitrogens with one attached hydrogen (secondary N) is 2. The van der Waals surface area contributed by atoms with Crippen molar-refractivity contribution in [1.82, 2.24) is 20.3 Å². The number of alkyl halides is 8. The summed E-state index contributed by atoms with van der Waals surface area (Å²) in [6.45, 7) is 0. The van der Waals surface area contributed by atoms with Crippen LogP contribution in [0.5, 0.6) is 11.5 Å². The van der Waals surface area contributed by atoms with Crippen LogP contribution in [0.2, 0.25) is 10.0 Å². The Bertz CT molecular complexity index is 3100. The lowest BCUT2D eigenvalue weighted by molar-refractivity contribution is -0.253. The molecule has 9 nitrogen and oxygen atoms in total. The SMILES string of the molecule is BrBr.Fc1cc(OC(F)(F)C(F)F)cc([C@@](Cc2ccccc2)(Nc2nc3c(s2)CCC3)c2ccc(Cl)cn2)c1.NC(=S)N[C@](Cc1ccccc1)(c1cc(F)cc(OC(F)(F)C(F)F)c1)c1ccc(Cl)cn1.O=C1CCCC1. The predicted octanol–water partition coefficient (Wildman–Crippen LogP) is 15.9. The highest BCUT2D eigenvalue weighted by Gasteiger charge is 2.46. The van der Waals surface area contributed by atoms with Gasteiger partial charge in [0.25, 0.3) is 0 Å². The van der Waals surface area contributed by atoms with Crippen molar-refractivity contribution >= 4 is 91.0 Å². The van der Waals surface area contributed by atoms with Crippen molar-refractivity contribution in [2.24, 2.45) is 5.73 Å². The van der Waals surface area contributed by atoms with E-state index in [-0.39, 0.29) is 34.8 Å². The molecule has 0 saturated heterocycles. The molecule has 7 aromatic rings. The molecular weight excluding hydrogens is 1270 g/mol. The molecule has 2 aliphatic rings. The Morgan fingerprint density at radius 1 is 0.658 bits per heavy atom. The van der Waals surface area contributed by atoms with Crippen molar-refractivity contribution in [3.63, 3.8) is 0 Å². The Morgan fingerprint density at radius 3 is 1.52 bits per heavy atom. The van der Waals surface area contributed by atoms with Gasteiger partial charge in [0.15, 0.2) is 10.2 Å². The Balaban J connectivity index is 0.000000226. The van der Waals surface area contributed by atoms with Gasteiger partial charge < -0.3 is 25.8 Å². The number of hydrogen-bond acceptors (Lipinski definition) is 9. The standard InChI is InChI=1S/C27H21ClF5N3OS.C22H17ClF5N3OS.C5H8O.Br2/c28-18-9-10-23(34-15-18)26(14-16-5-2-1-3-6-16,36-25-35-21-7-4-8-22(21)38-25)17-11-19(29)13-20(12-17)37-27(32,33)24(30)31;23-15-6-7-18(30-12-15)21(31-20(29)33,11-13-4-2-1-3-5-13)14-8-16(24)10-17(9-14)32-22(27,28)19(25)26;6-5-3-1-2-4-5;1-2/h1-3,5-6,9-13,15,24H,4,7-8,14H2,(H,35,36);1-10,12,19H,11H2,(H3,29,31,33);1-4H2;/t26-;21-;;/m11../s1. The lowest BCUT2D eigenvalue weighted by Crippen LogP contribution is -2.51. The van der Waals surface area contributed by atoms with Gasteiger partial charge in [0.05, 0.1) is 27.1 Å². The van der Waals surface area contributed by atoms with Crippen LogP contribution in [0.1, 0.15) is 76.3 Å². The zero-order valence-electron chi connectivity index (χ0n) is 41.0. The van der Waals surface area contributed by atoms with Gasteiger partial charge in [0, 0.05) is 83.3 Å². The number of thiocarbonyl (C=S) groups is 1. The third kappa shape index (κ3) is 17.0. The van der Waals surface area contributed by atoms with Crippen LogP contribution in [-0.4, -0.2) is 50.9 Å².